The van der Waals surface area contributed by atoms with E-state index in [9.17, 15) is 14.4 Å². The molecule has 0 unspecified atom stereocenters. The molecule has 16 heteroatoms. The average molecular weight is 735 g/mol. The number of carbonyl (C=O) groups is 3. The van der Waals surface area contributed by atoms with Crippen LogP contribution in [0.1, 0.15) is 75.0 Å². The average Bonchev–Trinajstić information content (AvgIpc) is 3.92. The van der Waals surface area contributed by atoms with E-state index in [1.165, 1.54) is 0 Å². The monoisotopic (exact) mass is 734 g/mol. The fraction of sp³-hybridized carbons (Fsp3) is 0.395. The van der Waals surface area contributed by atoms with E-state index in [2.05, 4.69) is 36.4 Å². The summed E-state index contributed by atoms with van der Waals surface area (Å²) in [5.41, 5.74) is 12.5. The molecule has 1 saturated heterocycles. The van der Waals surface area contributed by atoms with Crippen molar-refractivity contribution in [2.75, 3.05) is 36.9 Å². The van der Waals surface area contributed by atoms with Crippen LogP contribution in [0.15, 0.2) is 48.5 Å². The Balaban J connectivity index is 1.17. The van der Waals surface area contributed by atoms with Crippen molar-refractivity contribution >= 4 is 51.7 Å². The van der Waals surface area contributed by atoms with Crippen LogP contribution in [-0.2, 0) is 37.5 Å². The zero-order valence-corrected chi connectivity index (χ0v) is 31.1. The minimum Gasteiger partial charge on any atom is -0.379 e. The maximum Gasteiger partial charge on any atom is 0.276 e. The van der Waals surface area contributed by atoms with E-state index in [0.29, 0.717) is 86.6 Å². The van der Waals surface area contributed by atoms with Crippen LogP contribution < -0.4 is 16.4 Å². The standard InChI is InChI=1S/C38H46N12O4/c1-5-49-31(20-24(3)44-49)35(52)42-37-41-29-22-26(34(39)51)12-13-30(29)47(37)14-7-8-15-48-33-27(23-46-16-18-54-19-17-46)10-9-11-28(33)40-38(48)43-36(53)32-21-25(4)45-50(32)6-2/h9-13,20-22H,5-8,14-19,23H2,1-4H3,(H2,39,51)(H,40,43,53)(H,41,42,52). The Morgan fingerprint density at radius 3 is 1.98 bits per heavy atom. The molecule has 4 aromatic heterocycles. The normalized spacial score (nSPS) is 13.6. The van der Waals surface area contributed by atoms with Crippen LogP contribution in [0.3, 0.4) is 0 Å². The van der Waals surface area contributed by atoms with Gasteiger partial charge in [-0.2, -0.15) is 10.2 Å². The van der Waals surface area contributed by atoms with Crippen molar-refractivity contribution in [2.24, 2.45) is 5.73 Å². The van der Waals surface area contributed by atoms with E-state index >= 15 is 0 Å². The molecule has 4 N–H and O–H groups in total. The van der Waals surface area contributed by atoms with Gasteiger partial charge in [0.25, 0.3) is 11.8 Å². The topological polar surface area (TPSA) is 185 Å². The third-order valence-corrected chi connectivity index (χ3v) is 9.71. The van der Waals surface area contributed by atoms with E-state index in [1.54, 1.807) is 39.7 Å². The third-order valence-electron chi connectivity index (χ3n) is 9.71. The number of nitrogens with two attached hydrogens (primary N) is 1. The lowest BCUT2D eigenvalue weighted by molar-refractivity contribution is 0.0343. The van der Waals surface area contributed by atoms with Gasteiger partial charge in [-0.15, -0.1) is 0 Å². The number of imidazole rings is 2. The van der Waals surface area contributed by atoms with Gasteiger partial charge in [0.15, 0.2) is 0 Å². The highest BCUT2D eigenvalue weighted by Crippen LogP contribution is 2.28. The summed E-state index contributed by atoms with van der Waals surface area (Å²) < 4.78 is 13.0. The second-order valence-electron chi connectivity index (χ2n) is 13.5. The SMILES string of the molecule is CCn1nc(C)cc1C(=O)Nc1nc2cc(C(N)=O)ccc2n1CCCCn1c(NC(=O)c2cc(C)nn2CC)nc2cccc(CN3CCOCC3)c21. The number of morpholine rings is 1. The molecule has 1 aliphatic heterocycles. The van der Waals surface area contributed by atoms with Gasteiger partial charge in [0.2, 0.25) is 17.8 Å². The van der Waals surface area contributed by atoms with Crippen molar-refractivity contribution in [2.45, 2.75) is 73.3 Å². The lowest BCUT2D eigenvalue weighted by Gasteiger charge is -2.27. The molecule has 282 valence electrons. The second kappa shape index (κ2) is 15.6. The molecule has 54 heavy (non-hydrogen) atoms. The molecule has 7 rings (SSSR count). The van der Waals surface area contributed by atoms with Crippen LogP contribution in [-0.4, -0.2) is 87.6 Å². The number of ether oxygens (including phenoxy) is 1. The van der Waals surface area contributed by atoms with Crippen molar-refractivity contribution in [3.8, 4) is 0 Å². The Bertz CT molecular complexity index is 2340. The number of unbranched alkanes of at least 4 members (excludes halogenated alkanes) is 1. The number of aryl methyl sites for hydroxylation is 6. The first kappa shape index (κ1) is 36.5. The molecule has 1 fully saturated rings. The molecule has 3 amide bonds. The van der Waals surface area contributed by atoms with Crippen molar-refractivity contribution in [3.05, 3.63) is 82.4 Å². The molecule has 0 aliphatic carbocycles. The summed E-state index contributed by atoms with van der Waals surface area (Å²) in [6, 6.07) is 14.7. The Labute approximate surface area is 312 Å². The third kappa shape index (κ3) is 7.47. The molecular weight excluding hydrogens is 688 g/mol. The molecule has 0 spiro atoms. The predicted octanol–water partition coefficient (Wildman–Crippen LogP) is 4.35. The summed E-state index contributed by atoms with van der Waals surface area (Å²) in [5.74, 6) is -0.341. The Hall–Kier alpha value is -5.87. The number of nitrogens with one attached hydrogen (secondary N) is 2. The van der Waals surface area contributed by atoms with E-state index in [-0.39, 0.29) is 11.8 Å². The number of anilines is 2. The van der Waals surface area contributed by atoms with Crippen LogP contribution >= 0.6 is 0 Å². The molecule has 0 saturated carbocycles. The fourth-order valence-electron chi connectivity index (χ4n) is 7.12. The van der Waals surface area contributed by atoms with Crippen LogP contribution in [0.2, 0.25) is 0 Å². The van der Waals surface area contributed by atoms with Gasteiger partial charge in [0.05, 0.1) is 46.7 Å². The minimum absolute atomic E-state index is 0.274. The summed E-state index contributed by atoms with van der Waals surface area (Å²) in [5, 5.41) is 15.0. The highest BCUT2D eigenvalue weighted by molar-refractivity contribution is 6.04. The molecule has 6 aromatic rings. The van der Waals surface area contributed by atoms with Crippen LogP contribution in [0.5, 0.6) is 0 Å². The number of para-hydroxylation sites is 1. The number of benzene rings is 2. The zero-order chi connectivity index (χ0) is 37.9. The summed E-state index contributed by atoms with van der Waals surface area (Å²) in [4.78, 5) is 51.2. The number of nitrogens with zero attached hydrogens (tertiary/aromatic N) is 9. The summed E-state index contributed by atoms with van der Waals surface area (Å²) in [6.07, 6.45) is 1.40. The van der Waals surface area contributed by atoms with Crippen molar-refractivity contribution in [1.29, 1.82) is 0 Å². The van der Waals surface area contributed by atoms with Crippen LogP contribution in [0.4, 0.5) is 11.9 Å². The lowest BCUT2D eigenvalue weighted by atomic mass is 10.1. The summed E-state index contributed by atoms with van der Waals surface area (Å²) in [6.45, 7) is 13.6. The Kier molecular flexibility index (Phi) is 10.6. The predicted molar refractivity (Wildman–Crippen MR) is 204 cm³/mol. The van der Waals surface area contributed by atoms with E-state index < -0.39 is 5.91 Å². The van der Waals surface area contributed by atoms with Crippen molar-refractivity contribution in [1.82, 2.24) is 43.6 Å². The molecule has 16 nitrogen and oxygen atoms in total. The van der Waals surface area contributed by atoms with Gasteiger partial charge in [-0.3, -0.25) is 39.3 Å². The van der Waals surface area contributed by atoms with Gasteiger partial charge in [-0.05, 0) is 82.5 Å². The number of hydrogen-bond donors (Lipinski definition) is 3. The van der Waals surface area contributed by atoms with E-state index in [4.69, 9.17) is 20.4 Å². The molecule has 0 atom stereocenters. The maximum atomic E-state index is 13.7. The van der Waals surface area contributed by atoms with Crippen molar-refractivity contribution < 1.29 is 19.1 Å². The van der Waals surface area contributed by atoms with Gasteiger partial charge in [0, 0.05) is 51.4 Å². The minimum atomic E-state index is -0.558. The van der Waals surface area contributed by atoms with Gasteiger partial charge in [0.1, 0.15) is 11.4 Å². The van der Waals surface area contributed by atoms with Crippen LogP contribution in [0.25, 0.3) is 22.1 Å². The van der Waals surface area contributed by atoms with E-state index in [1.807, 2.05) is 44.4 Å². The Morgan fingerprint density at radius 2 is 1.37 bits per heavy atom. The molecule has 1 aliphatic rings. The number of carbonyl (C=O) groups excluding carboxylic acids is 3. The molecule has 5 heterocycles. The first-order valence-electron chi connectivity index (χ1n) is 18.4. The maximum absolute atomic E-state index is 13.7. The Morgan fingerprint density at radius 1 is 0.778 bits per heavy atom. The molecule has 0 bridgehead atoms. The number of hydrogen-bond acceptors (Lipinski definition) is 9. The lowest BCUT2D eigenvalue weighted by Crippen LogP contribution is -2.35. The number of aromatic nitrogens is 8. The number of rotatable bonds is 14. The van der Waals surface area contributed by atoms with Gasteiger partial charge in [-0.1, -0.05) is 12.1 Å². The molecular formula is C38H46N12O4. The zero-order valence-electron chi connectivity index (χ0n) is 31.1. The quantitative estimate of drug-likeness (QED) is 0.137. The summed E-state index contributed by atoms with van der Waals surface area (Å²) >= 11 is 0. The van der Waals surface area contributed by atoms with Gasteiger partial charge >= 0.3 is 0 Å². The highest BCUT2D eigenvalue weighted by Gasteiger charge is 2.22. The van der Waals surface area contributed by atoms with Crippen LogP contribution in [0, 0.1) is 13.8 Å². The van der Waals surface area contributed by atoms with Gasteiger partial charge in [-0.25, -0.2) is 9.97 Å². The highest BCUT2D eigenvalue weighted by atomic mass is 16.5. The molecule has 0 radical (unpaired) electrons. The van der Waals surface area contributed by atoms with Gasteiger partial charge < -0.3 is 19.6 Å². The smallest absolute Gasteiger partial charge is 0.276 e. The van der Waals surface area contributed by atoms with Crippen molar-refractivity contribution in [3.63, 3.8) is 0 Å². The van der Waals surface area contributed by atoms with E-state index in [0.717, 1.165) is 53.1 Å². The number of amides is 3. The summed E-state index contributed by atoms with van der Waals surface area (Å²) in [7, 11) is 0. The number of fused-ring (bicyclic) bond motifs is 2. The largest absolute Gasteiger partial charge is 0.379 e. The fourth-order valence-corrected chi connectivity index (χ4v) is 7.12. The first-order valence-corrected chi connectivity index (χ1v) is 18.4. The first-order chi connectivity index (χ1) is 26.1. The second-order valence-corrected chi connectivity index (χ2v) is 13.5. The molecule has 2 aromatic carbocycles. The number of primary amides is 1.